The van der Waals surface area contributed by atoms with Crippen molar-refractivity contribution in [2.45, 2.75) is 13.8 Å². The van der Waals surface area contributed by atoms with Crippen molar-refractivity contribution in [3.05, 3.63) is 68.0 Å². The summed E-state index contributed by atoms with van der Waals surface area (Å²) in [4.78, 5) is -0.416. The average Bonchev–Trinajstić information content (AvgIpc) is 2.51. The van der Waals surface area contributed by atoms with Crippen molar-refractivity contribution in [1.82, 2.24) is 0 Å². The second-order valence-electron chi connectivity index (χ2n) is 5.22. The number of nitriles is 1. The normalized spacial score (nSPS) is 11.9. The maximum atomic E-state index is 12.5. The predicted octanol–water partition coefficient (Wildman–Crippen LogP) is 4.92. The molecular formula is C17H14Cl2N2O2S. The molecule has 0 radical (unpaired) electrons. The van der Waals surface area contributed by atoms with Gasteiger partial charge in [0.15, 0.2) is 4.91 Å². The van der Waals surface area contributed by atoms with E-state index in [1.165, 1.54) is 18.2 Å². The van der Waals surface area contributed by atoms with E-state index in [9.17, 15) is 13.7 Å². The smallest absolute Gasteiger partial charge is 0.272 e. The summed E-state index contributed by atoms with van der Waals surface area (Å²) in [5.41, 5.74) is 2.68. The zero-order chi connectivity index (χ0) is 17.9. The van der Waals surface area contributed by atoms with Crippen LogP contribution in [-0.2, 0) is 10.0 Å². The second kappa shape index (κ2) is 7.27. The van der Waals surface area contributed by atoms with Crippen LogP contribution in [0.4, 0.5) is 5.69 Å². The summed E-state index contributed by atoms with van der Waals surface area (Å²) in [5.74, 6) is 0. The molecule has 7 heteroatoms. The molecule has 2 aromatic carbocycles. The summed E-state index contributed by atoms with van der Waals surface area (Å²) < 4.78 is 27.4. The first kappa shape index (κ1) is 18.3. The van der Waals surface area contributed by atoms with Gasteiger partial charge in [-0.3, -0.25) is 4.72 Å². The third-order valence-electron chi connectivity index (χ3n) is 3.27. The number of benzene rings is 2. The number of halogens is 2. The van der Waals surface area contributed by atoms with E-state index in [0.717, 1.165) is 11.1 Å². The molecule has 0 saturated carbocycles. The lowest BCUT2D eigenvalue weighted by Crippen LogP contribution is -2.15. The van der Waals surface area contributed by atoms with Crippen molar-refractivity contribution < 1.29 is 8.42 Å². The highest BCUT2D eigenvalue weighted by atomic mass is 35.5. The van der Waals surface area contributed by atoms with Crippen molar-refractivity contribution in [2.75, 3.05) is 4.72 Å². The van der Waals surface area contributed by atoms with Gasteiger partial charge in [-0.25, -0.2) is 8.42 Å². The van der Waals surface area contributed by atoms with Crippen LogP contribution in [0.3, 0.4) is 0 Å². The van der Waals surface area contributed by atoms with Gasteiger partial charge in [0.05, 0.1) is 15.7 Å². The van der Waals surface area contributed by atoms with Crippen molar-refractivity contribution in [3.63, 3.8) is 0 Å². The number of sulfonamides is 1. The Bertz CT molecular complexity index is 961. The third kappa shape index (κ3) is 4.30. The lowest BCUT2D eigenvalue weighted by Gasteiger charge is -2.10. The van der Waals surface area contributed by atoms with Crippen LogP contribution in [0.25, 0.3) is 6.08 Å². The van der Waals surface area contributed by atoms with Crippen LogP contribution in [0.2, 0.25) is 10.0 Å². The quantitative estimate of drug-likeness (QED) is 0.765. The van der Waals surface area contributed by atoms with E-state index >= 15 is 0 Å². The van der Waals surface area contributed by atoms with Crippen LogP contribution in [0, 0.1) is 25.2 Å². The Morgan fingerprint density at radius 3 is 2.42 bits per heavy atom. The maximum Gasteiger partial charge on any atom is 0.272 e. The molecule has 2 rings (SSSR count). The fourth-order valence-electron chi connectivity index (χ4n) is 2.05. The Kier molecular flexibility index (Phi) is 5.55. The molecule has 0 bridgehead atoms. The van der Waals surface area contributed by atoms with Crippen LogP contribution in [0.5, 0.6) is 0 Å². The Labute approximate surface area is 151 Å². The largest absolute Gasteiger partial charge is 0.279 e. The Balaban J connectivity index is 2.39. The summed E-state index contributed by atoms with van der Waals surface area (Å²) in [5, 5.41) is 9.87. The average molecular weight is 381 g/mol. The van der Waals surface area contributed by atoms with Crippen molar-refractivity contribution >= 4 is 45.0 Å². The summed E-state index contributed by atoms with van der Waals surface area (Å²) in [7, 11) is -4.01. The molecule has 0 atom stereocenters. The molecule has 0 aromatic heterocycles. The van der Waals surface area contributed by atoms with Gasteiger partial charge in [-0.1, -0.05) is 47.0 Å². The van der Waals surface area contributed by atoms with E-state index in [1.807, 2.05) is 13.0 Å². The molecule has 2 aromatic rings. The van der Waals surface area contributed by atoms with Crippen LogP contribution >= 0.6 is 23.2 Å². The van der Waals surface area contributed by atoms with Crippen molar-refractivity contribution in [1.29, 1.82) is 5.26 Å². The topological polar surface area (TPSA) is 70.0 Å². The van der Waals surface area contributed by atoms with Gasteiger partial charge in [0, 0.05) is 0 Å². The first-order valence-corrected chi connectivity index (χ1v) is 9.14. The first-order valence-electron chi connectivity index (χ1n) is 6.90. The number of aryl methyl sites for hydroxylation is 2. The summed E-state index contributed by atoms with van der Waals surface area (Å²) in [6.07, 6.45) is 1.24. The van der Waals surface area contributed by atoms with E-state index in [-0.39, 0.29) is 5.02 Å². The SMILES string of the molecule is Cc1ccc(NS(=O)(=O)/C(C#N)=C/c2ccc(Cl)c(Cl)c2)c(C)c1. The number of hydrogen-bond donors (Lipinski definition) is 1. The molecule has 0 unspecified atom stereocenters. The molecule has 0 saturated heterocycles. The molecule has 0 heterocycles. The number of nitrogens with one attached hydrogen (secondary N) is 1. The zero-order valence-electron chi connectivity index (χ0n) is 13.0. The molecule has 0 fully saturated rings. The highest BCUT2D eigenvalue weighted by Gasteiger charge is 2.18. The van der Waals surface area contributed by atoms with Gasteiger partial charge in [0.1, 0.15) is 6.07 Å². The fourth-order valence-corrected chi connectivity index (χ4v) is 3.40. The van der Waals surface area contributed by atoms with Crippen molar-refractivity contribution in [3.8, 4) is 6.07 Å². The Morgan fingerprint density at radius 1 is 1.12 bits per heavy atom. The number of allylic oxidation sites excluding steroid dienone is 1. The Hall–Kier alpha value is -2.00. The molecule has 0 aliphatic carbocycles. The lowest BCUT2D eigenvalue weighted by atomic mass is 10.1. The van der Waals surface area contributed by atoms with E-state index in [0.29, 0.717) is 16.3 Å². The number of anilines is 1. The zero-order valence-corrected chi connectivity index (χ0v) is 15.3. The minimum Gasteiger partial charge on any atom is -0.279 e. The second-order valence-corrected chi connectivity index (χ2v) is 7.68. The molecule has 4 nitrogen and oxygen atoms in total. The fraction of sp³-hybridized carbons (Fsp3) is 0.118. The van der Waals surface area contributed by atoms with E-state index in [1.54, 1.807) is 31.2 Å². The summed E-state index contributed by atoms with van der Waals surface area (Å²) in [6.45, 7) is 3.70. The standard InChI is InChI=1S/C17H14Cl2N2O2S/c1-11-3-6-17(12(2)7-11)21-24(22,23)14(10-20)8-13-4-5-15(18)16(19)9-13/h3-9,21H,1-2H3/b14-8+. The van der Waals surface area contributed by atoms with Crippen LogP contribution in [0.1, 0.15) is 16.7 Å². The van der Waals surface area contributed by atoms with Gasteiger partial charge in [-0.2, -0.15) is 5.26 Å². The minimum atomic E-state index is -4.01. The van der Waals surface area contributed by atoms with Crippen molar-refractivity contribution in [2.24, 2.45) is 0 Å². The molecule has 1 N–H and O–H groups in total. The van der Waals surface area contributed by atoms with Crippen LogP contribution in [0.15, 0.2) is 41.3 Å². The van der Waals surface area contributed by atoms with E-state index < -0.39 is 14.9 Å². The first-order chi connectivity index (χ1) is 11.2. The van der Waals surface area contributed by atoms with Gasteiger partial charge >= 0.3 is 0 Å². The summed E-state index contributed by atoms with van der Waals surface area (Å²) in [6, 6.07) is 11.6. The third-order valence-corrected chi connectivity index (χ3v) is 5.28. The molecule has 124 valence electrons. The molecule has 0 amide bonds. The number of rotatable bonds is 4. The molecule has 0 aliphatic heterocycles. The van der Waals surface area contributed by atoms with Gasteiger partial charge in [0.2, 0.25) is 0 Å². The van der Waals surface area contributed by atoms with Gasteiger partial charge in [-0.05, 0) is 49.2 Å². The molecule has 0 spiro atoms. The molecule has 24 heavy (non-hydrogen) atoms. The van der Waals surface area contributed by atoms with Gasteiger partial charge < -0.3 is 0 Å². The lowest BCUT2D eigenvalue weighted by molar-refractivity contribution is 0.608. The summed E-state index contributed by atoms with van der Waals surface area (Å²) >= 11 is 11.7. The van der Waals surface area contributed by atoms with Crippen LogP contribution in [-0.4, -0.2) is 8.42 Å². The van der Waals surface area contributed by atoms with E-state index in [2.05, 4.69) is 4.72 Å². The minimum absolute atomic E-state index is 0.280. The van der Waals surface area contributed by atoms with E-state index in [4.69, 9.17) is 23.2 Å². The number of hydrogen-bond acceptors (Lipinski definition) is 3. The number of nitrogens with zero attached hydrogens (tertiary/aromatic N) is 1. The van der Waals surface area contributed by atoms with Crippen LogP contribution < -0.4 is 4.72 Å². The highest BCUT2D eigenvalue weighted by molar-refractivity contribution is 7.97. The van der Waals surface area contributed by atoms with Gasteiger partial charge in [-0.15, -0.1) is 0 Å². The monoisotopic (exact) mass is 380 g/mol. The maximum absolute atomic E-state index is 12.5. The Morgan fingerprint density at radius 2 is 1.83 bits per heavy atom. The predicted molar refractivity (Wildman–Crippen MR) is 98.5 cm³/mol. The molecule has 0 aliphatic rings. The van der Waals surface area contributed by atoms with Gasteiger partial charge in [0.25, 0.3) is 10.0 Å². The molecular weight excluding hydrogens is 367 g/mol. The highest BCUT2D eigenvalue weighted by Crippen LogP contribution is 2.25.